The van der Waals surface area contributed by atoms with E-state index in [1.807, 2.05) is 18.6 Å². The lowest BCUT2D eigenvalue weighted by molar-refractivity contribution is 0.188. The van der Waals surface area contributed by atoms with Gasteiger partial charge in [0, 0.05) is 37.0 Å². The minimum absolute atomic E-state index is 0.219. The normalized spacial score (nSPS) is 20.1. The number of aromatic amines is 1. The number of likely N-dealkylation sites (tertiary alicyclic amines) is 1. The molecule has 7 nitrogen and oxygen atoms in total. The van der Waals surface area contributed by atoms with Gasteiger partial charge in [-0.05, 0) is 25.5 Å². The predicted octanol–water partition coefficient (Wildman–Crippen LogP) is 1.59. The summed E-state index contributed by atoms with van der Waals surface area (Å²) in [6.45, 7) is 2.41. The molecule has 8 heteroatoms. The predicted molar refractivity (Wildman–Crippen MR) is 93.8 cm³/mol. The molecule has 0 aromatic carbocycles. The van der Waals surface area contributed by atoms with Gasteiger partial charge in [-0.1, -0.05) is 0 Å². The summed E-state index contributed by atoms with van der Waals surface area (Å²) in [6, 6.07) is 2.34. The van der Waals surface area contributed by atoms with Crippen LogP contribution < -0.4 is 0 Å². The van der Waals surface area contributed by atoms with Crippen LogP contribution in [0.3, 0.4) is 0 Å². The van der Waals surface area contributed by atoms with Crippen LogP contribution in [0.5, 0.6) is 0 Å². The number of hydrogen-bond acceptors (Lipinski definition) is 5. The van der Waals surface area contributed by atoms with Gasteiger partial charge in [-0.3, -0.25) is 0 Å². The molecule has 1 aliphatic rings. The van der Waals surface area contributed by atoms with Crippen LogP contribution in [0.15, 0.2) is 24.8 Å². The Labute approximate surface area is 140 Å². The van der Waals surface area contributed by atoms with Gasteiger partial charge >= 0.3 is 0 Å². The molecule has 128 valence electrons. The highest BCUT2D eigenvalue weighted by Gasteiger charge is 2.24. The minimum Gasteiger partial charge on any atom is -0.346 e. The van der Waals surface area contributed by atoms with Gasteiger partial charge < -0.3 is 14.5 Å². The summed E-state index contributed by atoms with van der Waals surface area (Å²) in [4.78, 5) is 14.3. The average Bonchev–Trinajstić information content (AvgIpc) is 3.18. The van der Waals surface area contributed by atoms with E-state index < -0.39 is 9.84 Å². The number of sulfone groups is 1. The van der Waals surface area contributed by atoms with Crippen molar-refractivity contribution >= 4 is 31.9 Å². The lowest BCUT2D eigenvalue weighted by Gasteiger charge is -2.33. The number of hydrogen-bond donors (Lipinski definition) is 1. The van der Waals surface area contributed by atoms with Crippen LogP contribution in [0.1, 0.15) is 18.9 Å². The molecule has 0 bridgehead atoms. The number of aromatic nitrogens is 4. The number of nitrogens with zero attached hydrogens (tertiary/aromatic N) is 4. The Balaban J connectivity index is 1.63. The topological polar surface area (TPSA) is 83.9 Å². The molecule has 1 N–H and O–H groups in total. The van der Waals surface area contributed by atoms with Crippen molar-refractivity contribution in [3.63, 3.8) is 0 Å². The SMILES string of the molecule is CS(=O)(=O)CCN1CCC[C@@H](n2cnc3cnc4[nH]ccc4c32)C1. The molecule has 3 aromatic rings. The Morgan fingerprint density at radius 3 is 3.08 bits per heavy atom. The number of nitrogens with one attached hydrogen (secondary N) is 1. The molecule has 1 saturated heterocycles. The number of rotatable bonds is 4. The van der Waals surface area contributed by atoms with Crippen molar-refractivity contribution < 1.29 is 8.42 Å². The molecule has 0 unspecified atom stereocenters. The van der Waals surface area contributed by atoms with E-state index in [1.54, 1.807) is 6.20 Å². The fourth-order valence-electron chi connectivity index (χ4n) is 3.56. The summed E-state index contributed by atoms with van der Waals surface area (Å²) >= 11 is 0. The Kier molecular flexibility index (Phi) is 3.80. The van der Waals surface area contributed by atoms with Crippen molar-refractivity contribution in [2.45, 2.75) is 18.9 Å². The molecule has 4 rings (SSSR count). The minimum atomic E-state index is -2.92. The molecule has 1 aliphatic heterocycles. The van der Waals surface area contributed by atoms with Crippen molar-refractivity contribution in [2.24, 2.45) is 0 Å². The molecule has 4 heterocycles. The lowest BCUT2D eigenvalue weighted by atomic mass is 10.1. The van der Waals surface area contributed by atoms with Gasteiger partial charge in [0.2, 0.25) is 0 Å². The third-order valence-electron chi connectivity index (χ3n) is 4.77. The molecule has 0 aliphatic carbocycles. The molecule has 1 atom stereocenters. The van der Waals surface area contributed by atoms with Gasteiger partial charge in [0.15, 0.2) is 0 Å². The Morgan fingerprint density at radius 1 is 1.38 bits per heavy atom. The van der Waals surface area contributed by atoms with Crippen molar-refractivity contribution in [1.82, 2.24) is 24.4 Å². The van der Waals surface area contributed by atoms with Gasteiger partial charge in [-0.15, -0.1) is 0 Å². The average molecular weight is 347 g/mol. The van der Waals surface area contributed by atoms with E-state index in [9.17, 15) is 8.42 Å². The standard InChI is InChI=1S/C16H21N5O2S/c1-24(22,23)8-7-20-6-2-3-12(10-20)21-11-19-14-9-18-16-13(15(14)21)4-5-17-16/h4-5,9,11-12H,2-3,6-8,10H2,1H3,(H,17,18)/t12-/m1/s1. The second kappa shape index (κ2) is 5.86. The van der Waals surface area contributed by atoms with Gasteiger partial charge in [0.1, 0.15) is 21.0 Å². The molecule has 3 aromatic heterocycles. The first kappa shape index (κ1) is 15.6. The summed E-state index contributed by atoms with van der Waals surface area (Å²) < 4.78 is 25.1. The summed E-state index contributed by atoms with van der Waals surface area (Å²) in [7, 11) is -2.92. The molecule has 24 heavy (non-hydrogen) atoms. The highest BCUT2D eigenvalue weighted by atomic mass is 32.2. The van der Waals surface area contributed by atoms with Crippen LogP contribution in [0, 0.1) is 0 Å². The van der Waals surface area contributed by atoms with Crippen molar-refractivity contribution in [2.75, 3.05) is 31.6 Å². The maximum atomic E-state index is 11.4. The fraction of sp³-hybridized carbons (Fsp3) is 0.500. The van der Waals surface area contributed by atoms with E-state index in [1.165, 1.54) is 6.26 Å². The molecular weight excluding hydrogens is 326 g/mol. The van der Waals surface area contributed by atoms with Crippen LogP contribution in [-0.4, -0.2) is 64.5 Å². The van der Waals surface area contributed by atoms with E-state index in [-0.39, 0.29) is 5.75 Å². The fourth-order valence-corrected chi connectivity index (χ4v) is 4.15. The zero-order chi connectivity index (χ0) is 16.7. The second-order valence-electron chi connectivity index (χ2n) is 6.61. The smallest absolute Gasteiger partial charge is 0.148 e. The third-order valence-corrected chi connectivity index (χ3v) is 5.69. The number of H-pyrrole nitrogens is 1. The molecule has 0 amide bonds. The third kappa shape index (κ3) is 2.91. The molecule has 0 saturated carbocycles. The van der Waals surface area contributed by atoms with E-state index >= 15 is 0 Å². The van der Waals surface area contributed by atoms with Gasteiger partial charge in [-0.2, -0.15) is 0 Å². The summed E-state index contributed by atoms with van der Waals surface area (Å²) in [5.41, 5.74) is 2.88. The van der Waals surface area contributed by atoms with Crippen LogP contribution >= 0.6 is 0 Å². The van der Waals surface area contributed by atoms with Crippen LogP contribution in [0.2, 0.25) is 0 Å². The Morgan fingerprint density at radius 2 is 2.25 bits per heavy atom. The van der Waals surface area contributed by atoms with Crippen LogP contribution in [0.25, 0.3) is 22.1 Å². The van der Waals surface area contributed by atoms with E-state index in [4.69, 9.17) is 0 Å². The molecule has 1 fully saturated rings. The first-order chi connectivity index (χ1) is 11.5. The van der Waals surface area contributed by atoms with Crippen molar-refractivity contribution in [3.8, 4) is 0 Å². The Hall–Kier alpha value is -1.93. The lowest BCUT2D eigenvalue weighted by Crippen LogP contribution is -2.39. The number of imidazole rings is 1. The van der Waals surface area contributed by atoms with Gasteiger partial charge in [-0.25, -0.2) is 18.4 Å². The second-order valence-corrected chi connectivity index (χ2v) is 8.87. The zero-order valence-corrected chi connectivity index (χ0v) is 14.5. The highest BCUT2D eigenvalue weighted by molar-refractivity contribution is 7.90. The van der Waals surface area contributed by atoms with Crippen molar-refractivity contribution in [3.05, 3.63) is 24.8 Å². The highest BCUT2D eigenvalue weighted by Crippen LogP contribution is 2.29. The number of fused-ring (bicyclic) bond motifs is 3. The number of pyridine rings is 1. The Bertz CT molecular complexity index is 975. The quantitative estimate of drug-likeness (QED) is 0.775. The van der Waals surface area contributed by atoms with Crippen LogP contribution in [-0.2, 0) is 9.84 Å². The van der Waals surface area contributed by atoms with Crippen LogP contribution in [0.4, 0.5) is 0 Å². The summed E-state index contributed by atoms with van der Waals surface area (Å²) in [5, 5.41) is 1.08. The van der Waals surface area contributed by atoms with E-state index in [0.717, 1.165) is 48.0 Å². The van der Waals surface area contributed by atoms with Gasteiger partial charge in [0.25, 0.3) is 0 Å². The largest absolute Gasteiger partial charge is 0.346 e. The van der Waals surface area contributed by atoms with Gasteiger partial charge in [0.05, 0.1) is 23.8 Å². The zero-order valence-electron chi connectivity index (χ0n) is 13.6. The molecule has 0 spiro atoms. The van der Waals surface area contributed by atoms with E-state index in [2.05, 4.69) is 24.4 Å². The number of piperidine rings is 1. The van der Waals surface area contributed by atoms with Crippen molar-refractivity contribution in [1.29, 1.82) is 0 Å². The summed E-state index contributed by atoms with van der Waals surface area (Å²) in [5.74, 6) is 0.219. The summed E-state index contributed by atoms with van der Waals surface area (Å²) in [6.07, 6.45) is 9.03. The monoisotopic (exact) mass is 347 g/mol. The molecular formula is C16H21N5O2S. The maximum absolute atomic E-state index is 11.4. The first-order valence-electron chi connectivity index (χ1n) is 8.20. The van der Waals surface area contributed by atoms with E-state index in [0.29, 0.717) is 12.6 Å². The first-order valence-corrected chi connectivity index (χ1v) is 10.3. The maximum Gasteiger partial charge on any atom is 0.148 e. The molecule has 0 radical (unpaired) electrons.